The third kappa shape index (κ3) is 4.17. The largest absolute Gasteiger partial charge is 0.489 e. The summed E-state index contributed by atoms with van der Waals surface area (Å²) in [5, 5.41) is 9.09. The number of benzene rings is 2. The molecule has 28 heavy (non-hydrogen) atoms. The van der Waals surface area contributed by atoms with Crippen LogP contribution in [0.2, 0.25) is 0 Å². The number of aliphatic carboxylic acids is 1. The highest BCUT2D eigenvalue weighted by atomic mass is 16.5. The SMILES string of the molecule is O=C(O)[C@@H]1CN(C(=O)[C@H]2C[C@@H]2c2ccc(OCc3ccccc3)cc2)CCO1. The lowest BCUT2D eigenvalue weighted by atomic mass is 10.1. The second-order valence-corrected chi connectivity index (χ2v) is 7.27. The zero-order valence-corrected chi connectivity index (χ0v) is 15.5. The molecular formula is C22H23NO5. The maximum Gasteiger partial charge on any atom is 0.334 e. The highest BCUT2D eigenvalue weighted by Crippen LogP contribution is 2.48. The van der Waals surface area contributed by atoms with Gasteiger partial charge in [0.05, 0.1) is 13.2 Å². The van der Waals surface area contributed by atoms with E-state index in [2.05, 4.69) is 0 Å². The van der Waals surface area contributed by atoms with Crippen LogP contribution in [0.5, 0.6) is 5.75 Å². The lowest BCUT2D eigenvalue weighted by Gasteiger charge is -2.31. The first-order chi connectivity index (χ1) is 13.6. The van der Waals surface area contributed by atoms with Crippen molar-refractivity contribution >= 4 is 11.9 Å². The fourth-order valence-corrected chi connectivity index (χ4v) is 3.62. The summed E-state index contributed by atoms with van der Waals surface area (Å²) in [5.41, 5.74) is 2.23. The van der Waals surface area contributed by atoms with Crippen molar-refractivity contribution in [1.29, 1.82) is 0 Å². The predicted octanol–water partition coefficient (Wildman–Crippen LogP) is 2.68. The molecule has 1 saturated heterocycles. The van der Waals surface area contributed by atoms with E-state index in [4.69, 9.17) is 14.6 Å². The van der Waals surface area contributed by atoms with Gasteiger partial charge in [0.2, 0.25) is 5.91 Å². The number of amides is 1. The fourth-order valence-electron chi connectivity index (χ4n) is 3.62. The Bertz CT molecular complexity index is 836. The Labute approximate surface area is 163 Å². The second-order valence-electron chi connectivity index (χ2n) is 7.27. The minimum absolute atomic E-state index is 0.0314. The van der Waals surface area contributed by atoms with E-state index in [0.717, 1.165) is 23.3 Å². The summed E-state index contributed by atoms with van der Waals surface area (Å²) in [6.07, 6.45) is -0.117. The van der Waals surface area contributed by atoms with Gasteiger partial charge in [0.25, 0.3) is 0 Å². The standard InChI is InChI=1S/C22H23NO5/c24-21(23-10-11-27-20(13-23)22(25)26)19-12-18(19)16-6-8-17(9-7-16)28-14-15-4-2-1-3-5-15/h1-9,18-20H,10-14H2,(H,25,26)/t18-,19+,20+/m1/s1. The number of carbonyl (C=O) groups is 2. The van der Waals surface area contributed by atoms with Crippen molar-refractivity contribution in [2.45, 2.75) is 25.0 Å². The predicted molar refractivity (Wildman–Crippen MR) is 102 cm³/mol. The first kappa shape index (κ1) is 18.5. The molecular weight excluding hydrogens is 358 g/mol. The molecule has 0 bridgehead atoms. The van der Waals surface area contributed by atoms with Gasteiger partial charge in [-0.15, -0.1) is 0 Å². The smallest absolute Gasteiger partial charge is 0.334 e. The lowest BCUT2D eigenvalue weighted by molar-refractivity contribution is -0.159. The Morgan fingerprint density at radius 2 is 1.86 bits per heavy atom. The minimum atomic E-state index is -1.02. The van der Waals surface area contributed by atoms with Gasteiger partial charge in [-0.1, -0.05) is 42.5 Å². The van der Waals surface area contributed by atoms with E-state index in [1.54, 1.807) is 4.90 Å². The van der Waals surface area contributed by atoms with Crippen molar-refractivity contribution in [3.8, 4) is 5.75 Å². The third-order valence-corrected chi connectivity index (χ3v) is 5.32. The molecule has 2 aromatic rings. The number of nitrogens with zero attached hydrogens (tertiary/aromatic N) is 1. The van der Waals surface area contributed by atoms with Gasteiger partial charge in [-0.3, -0.25) is 4.79 Å². The Balaban J connectivity index is 1.31. The molecule has 1 amide bonds. The summed E-state index contributed by atoms with van der Waals surface area (Å²) in [6.45, 7) is 1.38. The Morgan fingerprint density at radius 3 is 2.57 bits per heavy atom. The quantitative estimate of drug-likeness (QED) is 0.833. The summed E-state index contributed by atoms with van der Waals surface area (Å²) >= 11 is 0. The Kier molecular flexibility index (Phi) is 5.30. The monoisotopic (exact) mass is 381 g/mol. The van der Waals surface area contributed by atoms with Crippen LogP contribution in [0.1, 0.15) is 23.5 Å². The summed E-state index contributed by atoms with van der Waals surface area (Å²) in [7, 11) is 0. The molecule has 0 radical (unpaired) electrons. The van der Waals surface area contributed by atoms with Crippen LogP contribution in [0.25, 0.3) is 0 Å². The van der Waals surface area contributed by atoms with Crippen molar-refractivity contribution in [3.63, 3.8) is 0 Å². The van der Waals surface area contributed by atoms with E-state index < -0.39 is 12.1 Å². The highest BCUT2D eigenvalue weighted by Gasteiger charge is 2.46. The van der Waals surface area contributed by atoms with E-state index in [9.17, 15) is 9.59 Å². The van der Waals surface area contributed by atoms with Gasteiger partial charge < -0.3 is 19.5 Å². The van der Waals surface area contributed by atoms with Crippen molar-refractivity contribution in [2.75, 3.05) is 19.7 Å². The average Bonchev–Trinajstić information content (AvgIpc) is 3.54. The molecule has 1 heterocycles. The van der Waals surface area contributed by atoms with Crippen LogP contribution in [0.15, 0.2) is 54.6 Å². The highest BCUT2D eigenvalue weighted by molar-refractivity contribution is 5.84. The van der Waals surface area contributed by atoms with E-state index in [1.165, 1.54) is 0 Å². The topological polar surface area (TPSA) is 76.1 Å². The number of hydrogen-bond donors (Lipinski definition) is 1. The minimum Gasteiger partial charge on any atom is -0.489 e. The molecule has 3 atom stereocenters. The van der Waals surface area contributed by atoms with Crippen molar-refractivity contribution < 1.29 is 24.2 Å². The number of carbonyl (C=O) groups excluding carboxylic acids is 1. The molecule has 6 heteroatoms. The van der Waals surface area contributed by atoms with Crippen LogP contribution < -0.4 is 4.74 Å². The number of carboxylic acid groups (broad SMARTS) is 1. The number of morpholine rings is 1. The zero-order chi connectivity index (χ0) is 19.5. The molecule has 2 aliphatic rings. The van der Waals surface area contributed by atoms with Crippen LogP contribution in [0.3, 0.4) is 0 Å². The number of carboxylic acids is 1. The van der Waals surface area contributed by atoms with Crippen LogP contribution in [-0.4, -0.2) is 47.7 Å². The molecule has 1 aliphatic heterocycles. The normalized spacial score (nSPS) is 23.9. The van der Waals surface area contributed by atoms with Crippen molar-refractivity contribution in [2.24, 2.45) is 5.92 Å². The number of rotatable bonds is 6. The van der Waals surface area contributed by atoms with Crippen LogP contribution in [0.4, 0.5) is 0 Å². The summed E-state index contributed by atoms with van der Waals surface area (Å²) in [4.78, 5) is 25.4. The van der Waals surface area contributed by atoms with Crippen LogP contribution in [-0.2, 0) is 20.9 Å². The number of hydrogen-bond acceptors (Lipinski definition) is 4. The third-order valence-electron chi connectivity index (χ3n) is 5.32. The van der Waals surface area contributed by atoms with Gasteiger partial charge in [-0.2, -0.15) is 0 Å². The van der Waals surface area contributed by atoms with Gasteiger partial charge in [-0.05, 0) is 35.6 Å². The second kappa shape index (κ2) is 8.02. The first-order valence-corrected chi connectivity index (χ1v) is 9.51. The molecule has 4 rings (SSSR count). The fraction of sp³-hybridized carbons (Fsp3) is 0.364. The molecule has 2 fully saturated rings. The molecule has 2 aromatic carbocycles. The van der Waals surface area contributed by atoms with E-state index in [1.807, 2.05) is 54.6 Å². The number of ether oxygens (including phenoxy) is 2. The van der Waals surface area contributed by atoms with Gasteiger partial charge in [-0.25, -0.2) is 4.79 Å². The van der Waals surface area contributed by atoms with E-state index >= 15 is 0 Å². The summed E-state index contributed by atoms with van der Waals surface area (Å²) in [5.74, 6) is -0.0565. The summed E-state index contributed by atoms with van der Waals surface area (Å²) < 4.78 is 11.0. The van der Waals surface area contributed by atoms with E-state index in [-0.39, 0.29) is 30.9 Å². The maximum atomic E-state index is 12.7. The molecule has 0 unspecified atom stereocenters. The van der Waals surface area contributed by atoms with Crippen LogP contribution >= 0.6 is 0 Å². The zero-order valence-electron chi connectivity index (χ0n) is 15.5. The van der Waals surface area contributed by atoms with Gasteiger partial charge >= 0.3 is 5.97 Å². The Morgan fingerprint density at radius 1 is 1.11 bits per heavy atom. The molecule has 0 aromatic heterocycles. The van der Waals surface area contributed by atoms with Crippen molar-refractivity contribution in [1.82, 2.24) is 4.90 Å². The molecule has 0 spiro atoms. The maximum absolute atomic E-state index is 12.7. The first-order valence-electron chi connectivity index (χ1n) is 9.51. The lowest BCUT2D eigenvalue weighted by Crippen LogP contribution is -2.49. The molecule has 1 aliphatic carbocycles. The molecule has 1 saturated carbocycles. The van der Waals surface area contributed by atoms with Crippen molar-refractivity contribution in [3.05, 3.63) is 65.7 Å². The van der Waals surface area contributed by atoms with Crippen LogP contribution in [0, 0.1) is 5.92 Å². The molecule has 6 nitrogen and oxygen atoms in total. The summed E-state index contributed by atoms with van der Waals surface area (Å²) in [6, 6.07) is 17.9. The molecule has 1 N–H and O–H groups in total. The van der Waals surface area contributed by atoms with Gasteiger partial charge in [0.1, 0.15) is 12.4 Å². The van der Waals surface area contributed by atoms with Gasteiger partial charge in [0.15, 0.2) is 6.10 Å². The molecule has 146 valence electrons. The Hall–Kier alpha value is -2.86. The van der Waals surface area contributed by atoms with E-state index in [0.29, 0.717) is 13.2 Å². The average molecular weight is 381 g/mol. The van der Waals surface area contributed by atoms with Gasteiger partial charge in [0, 0.05) is 12.5 Å².